The average molecular weight is 439 g/mol. The van der Waals surface area contributed by atoms with Crippen LogP contribution in [-0.2, 0) is 5.72 Å². The molecule has 0 aliphatic carbocycles. The molecule has 0 bridgehead atoms. The van der Waals surface area contributed by atoms with Crippen LogP contribution >= 0.6 is 11.8 Å². The predicted molar refractivity (Wildman–Crippen MR) is 97.8 cm³/mol. The van der Waals surface area contributed by atoms with Crippen molar-refractivity contribution >= 4 is 22.6 Å². The maximum Gasteiger partial charge on any atom is 0.316 e. The number of aliphatic hydroxyl groups is 1. The summed E-state index contributed by atoms with van der Waals surface area (Å²) in [5.41, 5.74) is 0.564. The number of thioether (sulfide) groups is 1. The molecule has 2 heterocycles. The van der Waals surface area contributed by atoms with E-state index < -0.39 is 5.72 Å². The van der Waals surface area contributed by atoms with Crippen LogP contribution in [0.1, 0.15) is 12.0 Å². The van der Waals surface area contributed by atoms with E-state index in [1.54, 1.807) is 31.0 Å². The van der Waals surface area contributed by atoms with E-state index in [9.17, 15) is 9.50 Å². The van der Waals surface area contributed by atoms with E-state index in [-0.39, 0.29) is 22.8 Å². The number of rotatable bonds is 3. The van der Waals surface area contributed by atoms with Crippen LogP contribution in [0.15, 0.2) is 48.5 Å². The Kier molecular flexibility index (Phi) is 5.60. The van der Waals surface area contributed by atoms with Gasteiger partial charge in [0.25, 0.3) is 5.72 Å². The molecular weight excluding hydrogens is 419 g/mol. The predicted octanol–water partition coefficient (Wildman–Crippen LogP) is 0.00900. The van der Waals surface area contributed by atoms with E-state index in [2.05, 4.69) is 4.90 Å². The number of amidine groups is 1. The molecule has 0 amide bonds. The van der Waals surface area contributed by atoms with Gasteiger partial charge in [-0.3, -0.25) is 0 Å². The van der Waals surface area contributed by atoms with Crippen molar-refractivity contribution in [3.05, 3.63) is 59.9 Å². The Labute approximate surface area is 167 Å². The van der Waals surface area contributed by atoms with Crippen molar-refractivity contribution in [2.75, 3.05) is 30.9 Å². The van der Waals surface area contributed by atoms with E-state index >= 15 is 0 Å². The molecule has 0 aromatic heterocycles. The van der Waals surface area contributed by atoms with Gasteiger partial charge < -0.3 is 26.8 Å². The Balaban J connectivity index is 0.00000196. The summed E-state index contributed by atoms with van der Waals surface area (Å²) < 4.78 is 20.6. The first kappa shape index (κ1) is 19.2. The molecule has 2 aromatic carbocycles. The number of ether oxygens (including phenoxy) is 1. The van der Waals surface area contributed by atoms with Crippen molar-refractivity contribution in [1.82, 2.24) is 0 Å². The van der Waals surface area contributed by atoms with Crippen molar-refractivity contribution in [3.8, 4) is 5.75 Å². The van der Waals surface area contributed by atoms with Crippen molar-refractivity contribution < 1.29 is 35.8 Å². The van der Waals surface area contributed by atoms with Gasteiger partial charge >= 0.3 is 5.17 Å². The van der Waals surface area contributed by atoms with Gasteiger partial charge in [0, 0.05) is 11.3 Å². The van der Waals surface area contributed by atoms with Crippen molar-refractivity contribution in [2.45, 2.75) is 12.1 Å². The molecular formula is C19H20BrFN2O2S. The monoisotopic (exact) mass is 438 g/mol. The summed E-state index contributed by atoms with van der Waals surface area (Å²) in [6.07, 6.45) is 1.01. The Morgan fingerprint density at radius 1 is 1.15 bits per heavy atom. The number of halogens is 2. The lowest BCUT2D eigenvalue weighted by Crippen LogP contribution is -3.00. The van der Waals surface area contributed by atoms with Crippen molar-refractivity contribution in [2.24, 2.45) is 0 Å². The summed E-state index contributed by atoms with van der Waals surface area (Å²) in [6.45, 7) is 1.19. The summed E-state index contributed by atoms with van der Waals surface area (Å²) >= 11 is 1.75. The maximum atomic E-state index is 13.3. The minimum Gasteiger partial charge on any atom is -1.00 e. The normalized spacial score (nSPS) is 22.0. The summed E-state index contributed by atoms with van der Waals surface area (Å²) in [5.74, 6) is 1.53. The molecule has 1 N–H and O–H groups in total. The molecule has 2 aliphatic rings. The highest BCUT2D eigenvalue weighted by molar-refractivity contribution is 8.13. The highest BCUT2D eigenvalue weighted by Crippen LogP contribution is 2.37. The number of anilines is 1. The average Bonchev–Trinajstić information content (AvgIpc) is 2.97. The van der Waals surface area contributed by atoms with Crippen LogP contribution in [0.3, 0.4) is 0 Å². The number of hydrogen-bond acceptors (Lipinski definition) is 4. The molecule has 0 fully saturated rings. The van der Waals surface area contributed by atoms with Gasteiger partial charge in [0.15, 0.2) is 6.54 Å². The third-order valence-corrected chi connectivity index (χ3v) is 5.93. The number of methoxy groups -OCH3 is 1. The molecule has 2 aliphatic heterocycles. The first-order valence-corrected chi connectivity index (χ1v) is 9.28. The minimum absolute atomic E-state index is 0. The van der Waals surface area contributed by atoms with Crippen LogP contribution in [0.25, 0.3) is 0 Å². The second-order valence-electron chi connectivity index (χ2n) is 6.24. The van der Waals surface area contributed by atoms with Crippen LogP contribution in [0.4, 0.5) is 10.1 Å². The molecule has 0 saturated heterocycles. The van der Waals surface area contributed by atoms with Gasteiger partial charge in [-0.15, -0.1) is 0 Å². The van der Waals surface area contributed by atoms with Crippen LogP contribution in [0.5, 0.6) is 5.75 Å². The van der Waals surface area contributed by atoms with Gasteiger partial charge in [0.1, 0.15) is 17.3 Å². The summed E-state index contributed by atoms with van der Waals surface area (Å²) in [6, 6.07) is 14.0. The first-order chi connectivity index (χ1) is 12.1. The lowest BCUT2D eigenvalue weighted by molar-refractivity contribution is -0.656. The lowest BCUT2D eigenvalue weighted by atomic mass is 10.0. The Morgan fingerprint density at radius 3 is 2.50 bits per heavy atom. The summed E-state index contributed by atoms with van der Waals surface area (Å²) in [7, 11) is 1.64. The zero-order valence-electron chi connectivity index (χ0n) is 14.4. The van der Waals surface area contributed by atoms with Crippen molar-refractivity contribution in [3.63, 3.8) is 0 Å². The van der Waals surface area contributed by atoms with E-state index in [4.69, 9.17) is 4.74 Å². The highest BCUT2D eigenvalue weighted by Gasteiger charge is 2.53. The van der Waals surface area contributed by atoms with Gasteiger partial charge in [-0.2, -0.15) is 0 Å². The van der Waals surface area contributed by atoms with Crippen LogP contribution in [0.2, 0.25) is 0 Å². The van der Waals surface area contributed by atoms with Gasteiger partial charge in [-0.1, -0.05) is 0 Å². The fourth-order valence-corrected chi connectivity index (χ4v) is 4.61. The molecule has 1 atom stereocenters. The molecule has 1 unspecified atom stereocenters. The molecule has 4 rings (SSSR count). The molecule has 4 nitrogen and oxygen atoms in total. The fourth-order valence-electron chi connectivity index (χ4n) is 3.43. The second kappa shape index (κ2) is 7.58. The summed E-state index contributed by atoms with van der Waals surface area (Å²) in [4.78, 5) is 2.13. The lowest BCUT2D eigenvalue weighted by Gasteiger charge is -2.24. The van der Waals surface area contributed by atoms with E-state index in [0.717, 1.165) is 35.3 Å². The van der Waals surface area contributed by atoms with E-state index in [1.807, 2.05) is 28.8 Å². The number of β-amino-alcohol motifs (C(OH)–C–C–N with tert-alkyl or cyclic N) is 1. The highest BCUT2D eigenvalue weighted by atomic mass is 79.9. The minimum atomic E-state index is -1.16. The molecule has 0 saturated carbocycles. The van der Waals surface area contributed by atoms with E-state index in [0.29, 0.717) is 12.1 Å². The van der Waals surface area contributed by atoms with E-state index in [1.165, 1.54) is 12.1 Å². The van der Waals surface area contributed by atoms with Crippen LogP contribution in [0, 0.1) is 5.82 Å². The topological polar surface area (TPSA) is 35.7 Å². The second-order valence-corrected chi connectivity index (χ2v) is 7.31. The fraction of sp³-hybridized carbons (Fsp3) is 0.316. The molecule has 26 heavy (non-hydrogen) atoms. The molecule has 7 heteroatoms. The van der Waals surface area contributed by atoms with Gasteiger partial charge in [-0.25, -0.2) is 13.9 Å². The standard InChI is InChI=1S/C19H20FN2O2S.BrH/c1-24-17-9-7-16(8-10-17)21-13-19(23,14-3-5-15(20)6-4-14)22-11-2-12-25-18(21)22;/h3-10,23H,2,11-13H2,1H3;1H/q+1;/p-1. The Bertz CT molecular complexity index is 813. The molecule has 0 spiro atoms. The number of hydrogen-bond donors (Lipinski definition) is 1. The quantitative estimate of drug-likeness (QED) is 0.684. The third-order valence-electron chi connectivity index (χ3n) is 4.73. The van der Waals surface area contributed by atoms with Gasteiger partial charge in [0.05, 0.1) is 13.7 Å². The van der Waals surface area contributed by atoms with Gasteiger partial charge in [-0.05, 0) is 66.7 Å². The maximum absolute atomic E-state index is 13.3. The number of nitrogens with zero attached hydrogens (tertiary/aromatic N) is 2. The first-order valence-electron chi connectivity index (χ1n) is 8.29. The largest absolute Gasteiger partial charge is 1.00 e. The Hall–Kier alpha value is -1.57. The van der Waals surface area contributed by atoms with Crippen LogP contribution in [-0.4, -0.2) is 40.8 Å². The summed E-state index contributed by atoms with van der Waals surface area (Å²) in [5, 5.41) is 12.5. The van der Waals surface area contributed by atoms with Crippen molar-refractivity contribution in [1.29, 1.82) is 0 Å². The molecule has 138 valence electrons. The third kappa shape index (κ3) is 3.23. The molecule has 2 aromatic rings. The Morgan fingerprint density at radius 2 is 1.85 bits per heavy atom. The smallest absolute Gasteiger partial charge is 0.316 e. The molecule has 0 radical (unpaired) electrons. The zero-order valence-corrected chi connectivity index (χ0v) is 16.8. The van der Waals surface area contributed by atoms with Crippen LogP contribution < -0.4 is 26.6 Å². The zero-order chi connectivity index (χ0) is 17.4. The SMILES string of the molecule is COc1ccc(N2CC(O)(c3ccc(F)cc3)[N+]3=C2SCCC3)cc1.[Br-]. The van der Waals surface area contributed by atoms with Gasteiger partial charge in [0.2, 0.25) is 0 Å². The number of benzene rings is 2.